The molecular weight excluding hydrogens is 242 g/mol. The van der Waals surface area contributed by atoms with Crippen LogP contribution in [0.1, 0.15) is 49.4 Å². The van der Waals surface area contributed by atoms with E-state index in [9.17, 15) is 4.79 Å². The Labute approximate surface area is 113 Å². The largest absolute Gasteiger partial charge is 0.488 e. The predicted octanol–water partition coefficient (Wildman–Crippen LogP) is 3.31. The molecule has 1 fully saturated rings. The van der Waals surface area contributed by atoms with Crippen LogP contribution in [0.15, 0.2) is 18.2 Å². The maximum absolute atomic E-state index is 10.9. The highest BCUT2D eigenvalue weighted by atomic mass is 16.5. The first-order valence-corrected chi connectivity index (χ1v) is 6.91. The van der Waals surface area contributed by atoms with E-state index in [0.717, 1.165) is 12.8 Å². The lowest BCUT2D eigenvalue weighted by Crippen LogP contribution is -2.30. The van der Waals surface area contributed by atoms with Gasteiger partial charge >= 0.3 is 5.97 Å². The lowest BCUT2D eigenvalue weighted by atomic mass is 9.85. The second kappa shape index (κ2) is 5.95. The minimum absolute atomic E-state index is 0.195. The number of carboxylic acid groups (broad SMARTS) is 1. The molecule has 0 aliphatic heterocycles. The third kappa shape index (κ3) is 3.19. The zero-order chi connectivity index (χ0) is 13.8. The van der Waals surface area contributed by atoms with Crippen LogP contribution in [0, 0.1) is 5.92 Å². The van der Waals surface area contributed by atoms with Gasteiger partial charge in [0, 0.05) is 0 Å². The first-order valence-electron chi connectivity index (χ1n) is 6.91. The van der Waals surface area contributed by atoms with Gasteiger partial charge in [-0.05, 0) is 49.8 Å². The molecule has 2 atom stereocenters. The fraction of sp³-hybridized carbons (Fsp3) is 0.533. The van der Waals surface area contributed by atoms with E-state index < -0.39 is 5.97 Å². The smallest absolute Gasteiger partial charge is 0.335 e. The molecule has 2 unspecified atom stereocenters. The van der Waals surface area contributed by atoms with Crippen molar-refractivity contribution in [3.8, 4) is 5.75 Å². The number of carboxylic acids is 1. The van der Waals surface area contributed by atoms with Gasteiger partial charge in [-0.2, -0.15) is 0 Å². The standard InChI is InChI=1S/C15H21NO3/c1-2-10-5-3-4-6-13(10)19-14-8-7-11(15(17)18)9-12(14)16/h7-10,13H,2-6,16H2,1H3,(H,17,18). The zero-order valence-electron chi connectivity index (χ0n) is 11.3. The molecule has 2 rings (SSSR count). The number of hydrogen-bond donors (Lipinski definition) is 2. The van der Waals surface area contributed by atoms with E-state index in [2.05, 4.69) is 6.92 Å². The first-order chi connectivity index (χ1) is 9.11. The lowest BCUT2D eigenvalue weighted by molar-refractivity contribution is 0.0696. The maximum Gasteiger partial charge on any atom is 0.335 e. The molecule has 104 valence electrons. The van der Waals surface area contributed by atoms with Gasteiger partial charge in [0.2, 0.25) is 0 Å². The van der Waals surface area contributed by atoms with Crippen molar-refractivity contribution in [1.29, 1.82) is 0 Å². The maximum atomic E-state index is 10.9. The summed E-state index contributed by atoms with van der Waals surface area (Å²) < 4.78 is 6.01. The molecule has 0 bridgehead atoms. The van der Waals surface area contributed by atoms with E-state index in [1.54, 1.807) is 6.07 Å². The second-order valence-electron chi connectivity index (χ2n) is 5.17. The number of benzene rings is 1. The summed E-state index contributed by atoms with van der Waals surface area (Å²) in [4.78, 5) is 10.9. The Morgan fingerprint density at radius 3 is 2.79 bits per heavy atom. The average molecular weight is 263 g/mol. The zero-order valence-corrected chi connectivity index (χ0v) is 11.3. The monoisotopic (exact) mass is 263 g/mol. The van der Waals surface area contributed by atoms with Crippen LogP contribution in [0.2, 0.25) is 0 Å². The third-order valence-electron chi connectivity index (χ3n) is 3.90. The molecule has 0 saturated heterocycles. The van der Waals surface area contributed by atoms with Gasteiger partial charge < -0.3 is 15.6 Å². The van der Waals surface area contributed by atoms with Gasteiger partial charge in [0.1, 0.15) is 11.9 Å². The minimum atomic E-state index is -0.970. The third-order valence-corrected chi connectivity index (χ3v) is 3.90. The van der Waals surface area contributed by atoms with Crippen molar-refractivity contribution in [2.24, 2.45) is 5.92 Å². The number of carbonyl (C=O) groups is 1. The summed E-state index contributed by atoms with van der Waals surface area (Å²) in [5, 5.41) is 8.91. The molecule has 4 heteroatoms. The minimum Gasteiger partial charge on any atom is -0.488 e. The second-order valence-corrected chi connectivity index (χ2v) is 5.17. The van der Waals surface area contributed by atoms with Crippen molar-refractivity contribution < 1.29 is 14.6 Å². The molecule has 19 heavy (non-hydrogen) atoms. The summed E-state index contributed by atoms with van der Waals surface area (Å²) >= 11 is 0. The number of ether oxygens (including phenoxy) is 1. The molecule has 0 aromatic heterocycles. The van der Waals surface area contributed by atoms with Gasteiger partial charge in [-0.25, -0.2) is 4.79 Å². The molecular formula is C15H21NO3. The molecule has 0 heterocycles. The van der Waals surface area contributed by atoms with Crippen molar-refractivity contribution in [1.82, 2.24) is 0 Å². The number of aromatic carboxylic acids is 1. The Hall–Kier alpha value is -1.71. The van der Waals surface area contributed by atoms with Gasteiger partial charge in [-0.15, -0.1) is 0 Å². The molecule has 1 aromatic carbocycles. The number of hydrogen-bond acceptors (Lipinski definition) is 3. The first kappa shape index (κ1) is 13.7. The van der Waals surface area contributed by atoms with Crippen LogP contribution in [-0.2, 0) is 0 Å². The van der Waals surface area contributed by atoms with Crippen LogP contribution in [0.5, 0.6) is 5.75 Å². The Morgan fingerprint density at radius 1 is 1.42 bits per heavy atom. The highest BCUT2D eigenvalue weighted by Crippen LogP contribution is 2.32. The van der Waals surface area contributed by atoms with Gasteiger partial charge in [0.15, 0.2) is 0 Å². The Bertz CT molecular complexity index is 459. The summed E-state index contributed by atoms with van der Waals surface area (Å²) in [5.41, 5.74) is 6.47. The van der Waals surface area contributed by atoms with E-state index >= 15 is 0 Å². The van der Waals surface area contributed by atoms with Gasteiger partial charge in [0.25, 0.3) is 0 Å². The summed E-state index contributed by atoms with van der Waals surface area (Å²) in [6.45, 7) is 2.18. The van der Waals surface area contributed by atoms with Crippen molar-refractivity contribution in [3.63, 3.8) is 0 Å². The molecule has 0 spiro atoms. The van der Waals surface area contributed by atoms with Gasteiger partial charge in [0.05, 0.1) is 11.3 Å². The van der Waals surface area contributed by atoms with Crippen LogP contribution in [0.4, 0.5) is 5.69 Å². The lowest BCUT2D eigenvalue weighted by Gasteiger charge is -2.31. The molecule has 0 radical (unpaired) electrons. The highest BCUT2D eigenvalue weighted by Gasteiger charge is 2.25. The normalized spacial score (nSPS) is 23.0. The summed E-state index contributed by atoms with van der Waals surface area (Å²) in [5.74, 6) is 0.213. The molecule has 0 amide bonds. The fourth-order valence-corrected chi connectivity index (χ4v) is 2.75. The van der Waals surface area contributed by atoms with E-state index in [1.165, 1.54) is 31.4 Å². The Balaban J connectivity index is 2.11. The molecule has 1 aliphatic carbocycles. The van der Waals surface area contributed by atoms with Crippen LogP contribution in [0.3, 0.4) is 0 Å². The molecule has 1 aliphatic rings. The van der Waals surface area contributed by atoms with Crippen molar-refractivity contribution >= 4 is 11.7 Å². The van der Waals surface area contributed by atoms with Crippen molar-refractivity contribution in [3.05, 3.63) is 23.8 Å². The van der Waals surface area contributed by atoms with Crippen LogP contribution >= 0.6 is 0 Å². The highest BCUT2D eigenvalue weighted by molar-refractivity contribution is 5.89. The Morgan fingerprint density at radius 2 is 2.16 bits per heavy atom. The quantitative estimate of drug-likeness (QED) is 0.817. The van der Waals surface area contributed by atoms with Crippen LogP contribution in [0.25, 0.3) is 0 Å². The van der Waals surface area contributed by atoms with E-state index in [4.69, 9.17) is 15.6 Å². The number of nitrogen functional groups attached to an aromatic ring is 1. The van der Waals surface area contributed by atoms with Crippen LogP contribution in [-0.4, -0.2) is 17.2 Å². The Kier molecular flexibility index (Phi) is 4.30. The number of anilines is 1. The van der Waals surface area contributed by atoms with Gasteiger partial charge in [-0.3, -0.25) is 0 Å². The van der Waals surface area contributed by atoms with E-state index in [1.807, 2.05) is 0 Å². The van der Waals surface area contributed by atoms with Crippen LogP contribution < -0.4 is 10.5 Å². The summed E-state index contributed by atoms with van der Waals surface area (Å²) in [6, 6.07) is 4.67. The topological polar surface area (TPSA) is 72.5 Å². The summed E-state index contributed by atoms with van der Waals surface area (Å²) in [6.07, 6.45) is 6.03. The molecule has 1 aromatic rings. The number of rotatable bonds is 4. The molecule has 1 saturated carbocycles. The van der Waals surface area contributed by atoms with Crippen molar-refractivity contribution in [2.45, 2.75) is 45.1 Å². The van der Waals surface area contributed by atoms with Crippen molar-refractivity contribution in [2.75, 3.05) is 5.73 Å². The van der Waals surface area contributed by atoms with Gasteiger partial charge in [-0.1, -0.05) is 13.3 Å². The average Bonchev–Trinajstić information content (AvgIpc) is 2.41. The number of nitrogens with two attached hydrogens (primary N) is 1. The SMILES string of the molecule is CCC1CCCCC1Oc1ccc(C(=O)O)cc1N. The summed E-state index contributed by atoms with van der Waals surface area (Å²) in [7, 11) is 0. The molecule has 4 nitrogen and oxygen atoms in total. The predicted molar refractivity (Wildman–Crippen MR) is 74.5 cm³/mol. The van der Waals surface area contributed by atoms with E-state index in [0.29, 0.717) is 17.4 Å². The fourth-order valence-electron chi connectivity index (χ4n) is 2.75. The van der Waals surface area contributed by atoms with E-state index in [-0.39, 0.29) is 11.7 Å². The molecule has 3 N–H and O–H groups in total.